The maximum atomic E-state index is 13.2. The van der Waals surface area contributed by atoms with E-state index in [1.54, 1.807) is 13.8 Å². The largest absolute Gasteiger partial charge is 0.476 e. The van der Waals surface area contributed by atoms with Gasteiger partial charge >= 0.3 is 11.9 Å². The minimum atomic E-state index is -1.62. The average Bonchev–Trinajstić information content (AvgIpc) is 2.98. The van der Waals surface area contributed by atoms with Crippen LogP contribution in [0.15, 0.2) is 42.2 Å². The van der Waals surface area contributed by atoms with E-state index < -0.39 is 35.0 Å². The normalized spacial score (nSPS) is 23.5. The Morgan fingerprint density at radius 2 is 1.95 bits per heavy atom. The van der Waals surface area contributed by atoms with Gasteiger partial charge in [-0.05, 0) is 23.0 Å². The maximum absolute atomic E-state index is 13.2. The zero-order chi connectivity index (χ0) is 15.6. The van der Waals surface area contributed by atoms with Crippen LogP contribution in [0.1, 0.15) is 19.4 Å². The number of carbonyl (C=O) groups is 2. The molecule has 0 spiro atoms. The molecule has 5 heteroatoms. The number of carboxylic acids is 1. The number of hydrogen-bond donors (Lipinski definition) is 1. The number of rotatable bonds is 5. The summed E-state index contributed by atoms with van der Waals surface area (Å²) in [6.07, 6.45) is 0.997. The van der Waals surface area contributed by atoms with Gasteiger partial charge in [-0.1, -0.05) is 44.2 Å². The van der Waals surface area contributed by atoms with Gasteiger partial charge in [0.15, 0.2) is 0 Å². The fraction of sp³-hybridized carbons (Fsp3) is 0.375. The van der Waals surface area contributed by atoms with E-state index in [0.29, 0.717) is 0 Å². The van der Waals surface area contributed by atoms with Crippen molar-refractivity contribution in [2.24, 2.45) is 17.3 Å². The summed E-state index contributed by atoms with van der Waals surface area (Å²) in [5, 5.41) is 8.55. The van der Waals surface area contributed by atoms with Crippen molar-refractivity contribution in [3.63, 3.8) is 0 Å². The quantitative estimate of drug-likeness (QED) is 0.669. The van der Waals surface area contributed by atoms with Gasteiger partial charge in [-0.25, -0.2) is 4.79 Å². The number of carboxylic acid groups (broad SMARTS) is 1. The third-order valence-corrected chi connectivity index (χ3v) is 3.92. The molecule has 112 valence electrons. The Labute approximate surface area is 122 Å². The molecule has 0 saturated heterocycles. The van der Waals surface area contributed by atoms with Crippen molar-refractivity contribution in [2.75, 3.05) is 0 Å². The van der Waals surface area contributed by atoms with Crippen LogP contribution in [-0.4, -0.2) is 17.0 Å². The van der Waals surface area contributed by atoms with Crippen LogP contribution in [0.5, 0.6) is 0 Å². The van der Waals surface area contributed by atoms with Crippen molar-refractivity contribution in [3.8, 4) is 0 Å². The number of benzene rings is 1. The second kappa shape index (κ2) is 5.68. The highest BCUT2D eigenvalue weighted by molar-refractivity contribution is 5.85. The number of carbonyl (C=O) groups excluding carboxylic acids is 1. The van der Waals surface area contributed by atoms with E-state index >= 15 is 0 Å². The zero-order valence-electron chi connectivity index (χ0n) is 11.9. The number of halogens is 1. The lowest BCUT2D eigenvalue weighted by Crippen LogP contribution is -2.10. The van der Waals surface area contributed by atoms with Gasteiger partial charge in [-0.3, -0.25) is 4.79 Å². The van der Waals surface area contributed by atoms with E-state index in [1.165, 1.54) is 0 Å². The number of allylic oxidation sites excluding steroid dienone is 1. The molecule has 0 aliphatic heterocycles. The second-order valence-corrected chi connectivity index (χ2v) is 5.74. The SMILES string of the molecule is CC1(C)[C@H](C(=O)OCc2ccccc2)[C@@H]1C=C(F)C(=O)O. The van der Waals surface area contributed by atoms with Crippen LogP contribution in [0.4, 0.5) is 4.39 Å². The first-order chi connectivity index (χ1) is 9.84. The lowest BCUT2D eigenvalue weighted by atomic mass is 10.1. The van der Waals surface area contributed by atoms with E-state index in [1.807, 2.05) is 30.3 Å². The summed E-state index contributed by atoms with van der Waals surface area (Å²) in [6, 6.07) is 9.24. The Hall–Kier alpha value is -2.17. The third-order valence-electron chi connectivity index (χ3n) is 3.92. The molecule has 1 aliphatic rings. The van der Waals surface area contributed by atoms with Gasteiger partial charge in [0.05, 0.1) is 5.92 Å². The predicted molar refractivity (Wildman–Crippen MR) is 73.8 cm³/mol. The van der Waals surface area contributed by atoms with Crippen LogP contribution in [-0.2, 0) is 20.9 Å². The molecule has 1 fully saturated rings. The van der Waals surface area contributed by atoms with Crippen LogP contribution >= 0.6 is 0 Å². The monoisotopic (exact) mass is 292 g/mol. The van der Waals surface area contributed by atoms with Crippen molar-refractivity contribution in [1.82, 2.24) is 0 Å². The summed E-state index contributed by atoms with van der Waals surface area (Å²) in [6.45, 7) is 3.74. The molecule has 21 heavy (non-hydrogen) atoms. The molecule has 4 nitrogen and oxygen atoms in total. The molecule has 2 rings (SSSR count). The van der Waals surface area contributed by atoms with Crippen LogP contribution in [0.3, 0.4) is 0 Å². The topological polar surface area (TPSA) is 63.6 Å². The van der Waals surface area contributed by atoms with Crippen molar-refractivity contribution in [2.45, 2.75) is 20.5 Å². The molecule has 1 N–H and O–H groups in total. The molecular formula is C16H17FO4. The number of ether oxygens (including phenoxy) is 1. The van der Waals surface area contributed by atoms with Crippen molar-refractivity contribution in [1.29, 1.82) is 0 Å². The molecule has 0 heterocycles. The Bertz CT molecular complexity index is 577. The summed E-state index contributed by atoms with van der Waals surface area (Å²) in [4.78, 5) is 22.5. The molecule has 0 unspecified atom stereocenters. The van der Waals surface area contributed by atoms with Gasteiger partial charge in [-0.2, -0.15) is 4.39 Å². The lowest BCUT2D eigenvalue weighted by Gasteiger charge is -2.05. The maximum Gasteiger partial charge on any atom is 0.364 e. The van der Waals surface area contributed by atoms with Gasteiger partial charge in [-0.15, -0.1) is 0 Å². The summed E-state index contributed by atoms with van der Waals surface area (Å²) < 4.78 is 18.4. The first kappa shape index (κ1) is 15.2. The molecule has 0 amide bonds. The molecule has 2 atom stereocenters. The Kier molecular flexibility index (Phi) is 4.11. The third kappa shape index (κ3) is 3.29. The van der Waals surface area contributed by atoms with Gasteiger partial charge < -0.3 is 9.84 Å². The molecule has 0 aromatic heterocycles. The number of hydrogen-bond acceptors (Lipinski definition) is 3. The first-order valence-electron chi connectivity index (χ1n) is 6.65. The van der Waals surface area contributed by atoms with E-state index in [4.69, 9.17) is 9.84 Å². The average molecular weight is 292 g/mol. The minimum Gasteiger partial charge on any atom is -0.476 e. The highest BCUT2D eigenvalue weighted by Gasteiger charge is 2.61. The zero-order valence-corrected chi connectivity index (χ0v) is 11.9. The van der Waals surface area contributed by atoms with E-state index in [9.17, 15) is 14.0 Å². The van der Waals surface area contributed by atoms with Crippen LogP contribution in [0.25, 0.3) is 0 Å². The summed E-state index contributed by atoms with van der Waals surface area (Å²) in [5.41, 5.74) is 0.383. The molecular weight excluding hydrogens is 275 g/mol. The highest BCUT2D eigenvalue weighted by Crippen LogP contribution is 2.59. The van der Waals surface area contributed by atoms with Crippen molar-refractivity contribution in [3.05, 3.63) is 47.8 Å². The predicted octanol–water partition coefficient (Wildman–Crippen LogP) is 2.94. The van der Waals surface area contributed by atoms with Crippen LogP contribution < -0.4 is 0 Å². The van der Waals surface area contributed by atoms with E-state index in [-0.39, 0.29) is 6.61 Å². The lowest BCUT2D eigenvalue weighted by molar-refractivity contribution is -0.147. The molecule has 0 bridgehead atoms. The number of aliphatic carboxylic acids is 1. The summed E-state index contributed by atoms with van der Waals surface area (Å²) in [5.74, 6) is -4.23. The molecule has 1 aromatic carbocycles. The van der Waals surface area contributed by atoms with Gasteiger partial charge in [0.25, 0.3) is 0 Å². The standard InChI is InChI=1S/C16H17FO4/c1-16(2)11(8-12(17)14(18)19)13(16)15(20)21-9-10-6-4-3-5-7-10/h3-8,11,13H,9H2,1-2H3,(H,18,19)/t11-,13-/m0/s1. The van der Waals surface area contributed by atoms with Crippen LogP contribution in [0, 0.1) is 17.3 Å². The highest BCUT2D eigenvalue weighted by atomic mass is 19.1. The molecule has 0 radical (unpaired) electrons. The summed E-state index contributed by atoms with van der Waals surface area (Å²) >= 11 is 0. The summed E-state index contributed by atoms with van der Waals surface area (Å²) in [7, 11) is 0. The first-order valence-corrected chi connectivity index (χ1v) is 6.65. The fourth-order valence-corrected chi connectivity index (χ4v) is 2.49. The van der Waals surface area contributed by atoms with E-state index in [2.05, 4.69) is 0 Å². The fourth-order valence-electron chi connectivity index (χ4n) is 2.49. The Balaban J connectivity index is 1.97. The van der Waals surface area contributed by atoms with Gasteiger partial charge in [0.2, 0.25) is 5.83 Å². The van der Waals surface area contributed by atoms with Gasteiger partial charge in [0.1, 0.15) is 6.61 Å². The van der Waals surface area contributed by atoms with Crippen molar-refractivity contribution < 1.29 is 23.8 Å². The van der Waals surface area contributed by atoms with Crippen LogP contribution in [0.2, 0.25) is 0 Å². The molecule has 1 aromatic rings. The Morgan fingerprint density at radius 1 is 1.33 bits per heavy atom. The van der Waals surface area contributed by atoms with Crippen molar-refractivity contribution >= 4 is 11.9 Å². The Morgan fingerprint density at radius 3 is 2.52 bits per heavy atom. The minimum absolute atomic E-state index is 0.157. The van der Waals surface area contributed by atoms with Gasteiger partial charge in [0, 0.05) is 0 Å². The smallest absolute Gasteiger partial charge is 0.364 e. The second-order valence-electron chi connectivity index (χ2n) is 5.74. The van der Waals surface area contributed by atoms with E-state index in [0.717, 1.165) is 11.6 Å². The molecule has 1 aliphatic carbocycles. The molecule has 1 saturated carbocycles. The number of esters is 1.